The van der Waals surface area contributed by atoms with Crippen molar-refractivity contribution in [2.75, 3.05) is 44.8 Å². The van der Waals surface area contributed by atoms with Crippen molar-refractivity contribution in [1.29, 1.82) is 0 Å². The Bertz CT molecular complexity index is 938. The van der Waals surface area contributed by atoms with Crippen LogP contribution >= 0.6 is 0 Å². The second kappa shape index (κ2) is 10.6. The van der Waals surface area contributed by atoms with Crippen LogP contribution < -0.4 is 15.0 Å². The number of carbonyl (C=O) groups is 2. The molecule has 5 atom stereocenters. The molecule has 35 heavy (non-hydrogen) atoms. The molecule has 1 unspecified atom stereocenters. The van der Waals surface area contributed by atoms with Crippen molar-refractivity contribution in [2.45, 2.75) is 63.1 Å². The summed E-state index contributed by atoms with van der Waals surface area (Å²) in [6, 6.07) is 5.59. The maximum absolute atomic E-state index is 13.3. The molecular formula is C25H39N3O6Si. The number of nitrogens with one attached hydrogen (secondary N) is 1. The maximum atomic E-state index is 13.3. The van der Waals surface area contributed by atoms with Gasteiger partial charge in [0.1, 0.15) is 11.9 Å². The summed E-state index contributed by atoms with van der Waals surface area (Å²) in [5, 5.41) is 12.8. The summed E-state index contributed by atoms with van der Waals surface area (Å²) in [6.07, 6.45) is 1.17. The number of nitrogens with zero attached hydrogens (tertiary/aromatic N) is 2. The molecule has 0 aliphatic carbocycles. The Morgan fingerprint density at radius 1 is 1.34 bits per heavy atom. The van der Waals surface area contributed by atoms with E-state index < -0.39 is 14.4 Å². The fraction of sp³-hybridized carbons (Fsp3) is 0.680. The maximum Gasteiger partial charge on any atom is 0.240 e. The van der Waals surface area contributed by atoms with Gasteiger partial charge in [0.25, 0.3) is 0 Å². The number of methoxy groups -OCH3 is 1. The smallest absolute Gasteiger partial charge is 0.240 e. The first-order chi connectivity index (χ1) is 16.7. The molecule has 2 saturated heterocycles. The van der Waals surface area contributed by atoms with E-state index in [1.165, 1.54) is 0 Å². The van der Waals surface area contributed by atoms with E-state index in [9.17, 15) is 19.5 Å². The summed E-state index contributed by atoms with van der Waals surface area (Å²) in [5.74, 6) is 0.536. The first-order valence-corrected chi connectivity index (χ1v) is 15.6. The molecule has 9 nitrogen and oxygen atoms in total. The molecule has 4 rings (SSSR count). The first-order valence-electron chi connectivity index (χ1n) is 12.6. The molecule has 0 saturated carbocycles. The third-order valence-electron chi connectivity index (χ3n) is 7.82. The second-order valence-electron chi connectivity index (χ2n) is 10.6. The van der Waals surface area contributed by atoms with Gasteiger partial charge in [-0.15, -0.1) is 0 Å². The molecule has 0 spiro atoms. The number of rotatable bonds is 7. The van der Waals surface area contributed by atoms with E-state index >= 15 is 0 Å². The fourth-order valence-corrected chi connectivity index (χ4v) is 7.69. The zero-order valence-corrected chi connectivity index (χ0v) is 22.2. The molecule has 0 aromatic heterocycles. The lowest BCUT2D eigenvalue weighted by atomic mass is 9.86. The van der Waals surface area contributed by atoms with Crippen LogP contribution in [0, 0.1) is 5.92 Å². The topological polar surface area (TPSA) is 112 Å². The van der Waals surface area contributed by atoms with Gasteiger partial charge in [0.05, 0.1) is 25.3 Å². The van der Waals surface area contributed by atoms with Crippen molar-refractivity contribution in [3.8, 4) is 5.75 Å². The van der Waals surface area contributed by atoms with Crippen molar-refractivity contribution < 1.29 is 29.0 Å². The lowest BCUT2D eigenvalue weighted by molar-refractivity contribution is -0.133. The number of carbonyl (C=O) groups excluding carboxylic acids is 2. The SMILES string of the molecule is CO[C@@H]1c2cc(N3CCNCC3=O)ccc2O[C@H](C(CC(=O)N2CCC[C@H]2CO)[Si](C)(C)O)[C@H]1C. The second-order valence-corrected chi connectivity index (χ2v) is 14.6. The molecular weight excluding hydrogens is 466 g/mol. The molecule has 1 aromatic rings. The predicted octanol–water partition coefficient (Wildman–Crippen LogP) is 1.65. The average Bonchev–Trinajstić information content (AvgIpc) is 3.31. The van der Waals surface area contributed by atoms with Gasteiger partial charge in [-0.05, 0) is 44.1 Å². The molecule has 3 aliphatic rings. The number of benzene rings is 1. The van der Waals surface area contributed by atoms with Gasteiger partial charge in [0.15, 0.2) is 8.32 Å². The molecule has 0 radical (unpaired) electrons. The van der Waals surface area contributed by atoms with Gasteiger partial charge in [-0.3, -0.25) is 9.59 Å². The number of fused-ring (bicyclic) bond motifs is 1. The van der Waals surface area contributed by atoms with Crippen LogP contribution in [0.4, 0.5) is 5.69 Å². The summed E-state index contributed by atoms with van der Waals surface area (Å²) in [5.41, 5.74) is 1.35. The Kier molecular flexibility index (Phi) is 7.87. The number of aliphatic hydroxyl groups is 1. The highest BCUT2D eigenvalue weighted by Gasteiger charge is 2.48. The Hall–Kier alpha value is -1.98. The molecule has 3 heterocycles. The molecule has 0 bridgehead atoms. The molecule has 3 aliphatic heterocycles. The Morgan fingerprint density at radius 3 is 2.77 bits per heavy atom. The van der Waals surface area contributed by atoms with Crippen molar-refractivity contribution >= 4 is 25.8 Å². The number of likely N-dealkylation sites (tertiary alicyclic amines) is 1. The van der Waals surface area contributed by atoms with Gasteiger partial charge in [-0.1, -0.05) is 6.92 Å². The van der Waals surface area contributed by atoms with E-state index in [2.05, 4.69) is 5.32 Å². The summed E-state index contributed by atoms with van der Waals surface area (Å²) in [7, 11) is -1.16. The zero-order chi connectivity index (χ0) is 25.3. The Labute approximate surface area is 208 Å². The van der Waals surface area contributed by atoms with Crippen molar-refractivity contribution in [1.82, 2.24) is 10.2 Å². The molecule has 10 heteroatoms. The molecule has 2 fully saturated rings. The number of amides is 2. The van der Waals surface area contributed by atoms with E-state index in [1.807, 2.05) is 38.2 Å². The number of hydrogen-bond donors (Lipinski definition) is 3. The van der Waals surface area contributed by atoms with Crippen LogP contribution in [0.1, 0.15) is 37.9 Å². The highest BCUT2D eigenvalue weighted by molar-refractivity contribution is 6.71. The Balaban J connectivity index is 1.61. The largest absolute Gasteiger partial charge is 0.490 e. The van der Waals surface area contributed by atoms with Crippen LogP contribution in [0.5, 0.6) is 5.75 Å². The number of piperazine rings is 1. The lowest BCUT2D eigenvalue weighted by Gasteiger charge is -2.44. The molecule has 194 valence electrons. The third kappa shape index (κ3) is 5.27. The van der Waals surface area contributed by atoms with Gasteiger partial charge in [0.2, 0.25) is 11.8 Å². The minimum Gasteiger partial charge on any atom is -0.490 e. The minimum atomic E-state index is -2.82. The summed E-state index contributed by atoms with van der Waals surface area (Å²) in [6.45, 7) is 8.01. The van der Waals surface area contributed by atoms with E-state index in [-0.39, 0.29) is 48.4 Å². The number of aliphatic hydroxyl groups excluding tert-OH is 1. The molecule has 1 aromatic carbocycles. The van der Waals surface area contributed by atoms with Crippen molar-refractivity contribution in [2.24, 2.45) is 5.92 Å². The quantitative estimate of drug-likeness (QED) is 0.483. The van der Waals surface area contributed by atoms with Crippen LogP contribution in [0.2, 0.25) is 18.6 Å². The van der Waals surface area contributed by atoms with Gasteiger partial charge >= 0.3 is 0 Å². The minimum absolute atomic E-state index is 0.0301. The monoisotopic (exact) mass is 505 g/mol. The van der Waals surface area contributed by atoms with Crippen LogP contribution in [0.25, 0.3) is 0 Å². The number of ether oxygens (including phenoxy) is 2. The van der Waals surface area contributed by atoms with Crippen LogP contribution in [0.15, 0.2) is 18.2 Å². The van der Waals surface area contributed by atoms with E-state index in [0.29, 0.717) is 25.4 Å². The molecule has 2 amide bonds. The van der Waals surface area contributed by atoms with Gasteiger partial charge in [-0.25, -0.2) is 0 Å². The summed E-state index contributed by atoms with van der Waals surface area (Å²) in [4.78, 5) is 40.5. The zero-order valence-electron chi connectivity index (χ0n) is 21.2. The first kappa shape index (κ1) is 26.1. The van der Waals surface area contributed by atoms with Gasteiger partial charge in [-0.2, -0.15) is 0 Å². The predicted molar refractivity (Wildman–Crippen MR) is 135 cm³/mol. The van der Waals surface area contributed by atoms with Crippen molar-refractivity contribution in [3.63, 3.8) is 0 Å². The summed E-state index contributed by atoms with van der Waals surface area (Å²) < 4.78 is 12.5. The van der Waals surface area contributed by atoms with Gasteiger partial charge < -0.3 is 34.5 Å². The number of anilines is 1. The lowest BCUT2D eigenvalue weighted by Crippen LogP contribution is -2.50. The standard InChI is InChI=1S/C25H39N3O6Si/c1-16-24(33-2)19-12-17(28-11-9-26-14-23(28)31)7-8-20(19)34-25(16)21(35(3,4)32)13-22(30)27-10-5-6-18(27)15-29/h7-8,12,16,18,21,24-26,29,32H,5-6,9-11,13-15H2,1-4H3/t16-,18-,21?,24-,25-/m0/s1. The van der Waals surface area contributed by atoms with Crippen molar-refractivity contribution in [3.05, 3.63) is 23.8 Å². The average molecular weight is 506 g/mol. The third-order valence-corrected chi connectivity index (χ3v) is 10.2. The van der Waals surface area contributed by atoms with Gasteiger partial charge in [0, 0.05) is 55.9 Å². The Morgan fingerprint density at radius 2 is 2.11 bits per heavy atom. The highest BCUT2D eigenvalue weighted by atomic mass is 28.4. The van der Waals surface area contributed by atoms with E-state index in [0.717, 1.165) is 30.6 Å². The summed E-state index contributed by atoms with van der Waals surface area (Å²) >= 11 is 0. The van der Waals surface area contributed by atoms with Crippen LogP contribution in [0.3, 0.4) is 0 Å². The van der Waals surface area contributed by atoms with E-state index in [1.54, 1.807) is 16.9 Å². The fourth-order valence-electron chi connectivity index (χ4n) is 5.84. The number of hydrogen-bond acceptors (Lipinski definition) is 7. The van der Waals surface area contributed by atoms with E-state index in [4.69, 9.17) is 9.47 Å². The normalized spacial score (nSPS) is 28.0. The highest BCUT2D eigenvalue weighted by Crippen LogP contribution is 2.47. The van der Waals surface area contributed by atoms with Crippen LogP contribution in [-0.4, -0.2) is 87.0 Å². The van der Waals surface area contributed by atoms with Crippen LogP contribution in [-0.2, 0) is 14.3 Å². The molecule has 3 N–H and O–H groups in total.